The number of anilines is 1. The van der Waals surface area contributed by atoms with Gasteiger partial charge in [0, 0.05) is 15.8 Å². The molecule has 1 atom stereocenters. The zero-order chi connectivity index (χ0) is 17.6. The number of benzene rings is 1. The Morgan fingerprint density at radius 1 is 1.16 bits per heavy atom. The minimum Gasteiger partial charge on any atom is -0.459 e. The fraction of sp³-hybridized carbons (Fsp3) is 0.368. The number of amides is 2. The molecule has 1 aromatic heterocycles. The third-order valence-corrected chi connectivity index (χ3v) is 5.56. The lowest BCUT2D eigenvalue weighted by atomic mass is 10.2. The molecule has 3 rings (SSSR count). The molecule has 2 aromatic rings. The topological polar surface area (TPSA) is 71.3 Å². The van der Waals surface area contributed by atoms with E-state index < -0.39 is 11.9 Å². The minimum atomic E-state index is -0.662. The summed E-state index contributed by atoms with van der Waals surface area (Å²) in [5.41, 5.74) is 0.722. The molecular formula is C19H22N2O3S. The SMILES string of the molecule is CC(NC(=O)c1ccco1)C(=O)Nc1ccc(SC2CCCC2)cc1. The maximum atomic E-state index is 12.2. The van der Waals surface area contributed by atoms with E-state index in [0.29, 0.717) is 0 Å². The van der Waals surface area contributed by atoms with Crippen LogP contribution in [0.1, 0.15) is 43.2 Å². The van der Waals surface area contributed by atoms with E-state index >= 15 is 0 Å². The summed E-state index contributed by atoms with van der Waals surface area (Å²) in [6, 6.07) is 10.4. The van der Waals surface area contributed by atoms with Gasteiger partial charge in [-0.05, 0) is 56.2 Å². The van der Waals surface area contributed by atoms with Gasteiger partial charge in [-0.15, -0.1) is 11.8 Å². The van der Waals surface area contributed by atoms with Crippen molar-refractivity contribution in [3.8, 4) is 0 Å². The Hall–Kier alpha value is -2.21. The van der Waals surface area contributed by atoms with Gasteiger partial charge in [-0.25, -0.2) is 0 Å². The quantitative estimate of drug-likeness (QED) is 0.816. The number of carbonyl (C=O) groups excluding carboxylic acids is 2. The van der Waals surface area contributed by atoms with Crippen LogP contribution in [0.2, 0.25) is 0 Å². The van der Waals surface area contributed by atoms with Crippen molar-refractivity contribution in [2.45, 2.75) is 48.8 Å². The molecule has 1 aliphatic rings. The highest BCUT2D eigenvalue weighted by atomic mass is 32.2. The molecule has 2 N–H and O–H groups in total. The Morgan fingerprint density at radius 3 is 2.52 bits per heavy atom. The standard InChI is InChI=1S/C19H22N2O3S/c1-13(20-19(23)17-7-4-12-24-17)18(22)21-14-8-10-16(11-9-14)25-15-5-2-3-6-15/h4,7-13,15H,2-3,5-6H2,1H3,(H,20,23)(H,21,22). The Bertz CT molecular complexity index is 707. The summed E-state index contributed by atoms with van der Waals surface area (Å²) in [6.45, 7) is 1.64. The molecule has 0 saturated heterocycles. The van der Waals surface area contributed by atoms with Crippen molar-refractivity contribution in [1.29, 1.82) is 0 Å². The predicted molar refractivity (Wildman–Crippen MR) is 98.8 cm³/mol. The highest BCUT2D eigenvalue weighted by Crippen LogP contribution is 2.34. The molecule has 1 unspecified atom stereocenters. The van der Waals surface area contributed by atoms with Crippen LogP contribution in [-0.4, -0.2) is 23.1 Å². The lowest BCUT2D eigenvalue weighted by Gasteiger charge is -2.14. The lowest BCUT2D eigenvalue weighted by Crippen LogP contribution is -2.41. The van der Waals surface area contributed by atoms with E-state index in [1.165, 1.54) is 36.8 Å². The van der Waals surface area contributed by atoms with Crippen LogP contribution in [-0.2, 0) is 4.79 Å². The second kappa shape index (κ2) is 8.25. The fourth-order valence-corrected chi connectivity index (χ4v) is 4.05. The number of hydrogen-bond acceptors (Lipinski definition) is 4. The normalized spacial score (nSPS) is 15.7. The molecule has 0 bridgehead atoms. The molecule has 25 heavy (non-hydrogen) atoms. The first-order valence-electron chi connectivity index (χ1n) is 8.54. The number of thioether (sulfide) groups is 1. The molecule has 0 spiro atoms. The van der Waals surface area contributed by atoms with Crippen molar-refractivity contribution in [3.63, 3.8) is 0 Å². The van der Waals surface area contributed by atoms with Crippen LogP contribution in [0.4, 0.5) is 5.69 Å². The van der Waals surface area contributed by atoms with Gasteiger partial charge in [0.15, 0.2) is 5.76 Å². The summed E-state index contributed by atoms with van der Waals surface area (Å²) in [5, 5.41) is 6.15. The Morgan fingerprint density at radius 2 is 1.88 bits per heavy atom. The van der Waals surface area contributed by atoms with Crippen LogP contribution >= 0.6 is 11.8 Å². The van der Waals surface area contributed by atoms with Crippen molar-refractivity contribution in [1.82, 2.24) is 5.32 Å². The van der Waals surface area contributed by atoms with E-state index in [4.69, 9.17) is 4.42 Å². The molecule has 0 aliphatic heterocycles. The van der Waals surface area contributed by atoms with Gasteiger partial charge in [0.2, 0.25) is 5.91 Å². The number of furan rings is 1. The second-order valence-electron chi connectivity index (χ2n) is 6.21. The number of carbonyl (C=O) groups is 2. The van der Waals surface area contributed by atoms with Gasteiger partial charge < -0.3 is 15.1 Å². The van der Waals surface area contributed by atoms with E-state index in [1.54, 1.807) is 19.1 Å². The summed E-state index contributed by atoms with van der Waals surface area (Å²) in [5.74, 6) is -0.486. The van der Waals surface area contributed by atoms with Gasteiger partial charge in [0.05, 0.1) is 6.26 Å². The van der Waals surface area contributed by atoms with Gasteiger partial charge >= 0.3 is 0 Å². The van der Waals surface area contributed by atoms with Crippen molar-refractivity contribution in [2.75, 3.05) is 5.32 Å². The molecule has 1 saturated carbocycles. The second-order valence-corrected chi connectivity index (χ2v) is 7.58. The van der Waals surface area contributed by atoms with Gasteiger partial charge in [-0.2, -0.15) is 0 Å². The zero-order valence-corrected chi connectivity index (χ0v) is 15.0. The van der Waals surface area contributed by atoms with Crippen molar-refractivity contribution in [2.24, 2.45) is 0 Å². The third kappa shape index (κ3) is 4.89. The van der Waals surface area contributed by atoms with E-state index in [1.807, 2.05) is 36.0 Å². The van der Waals surface area contributed by atoms with Gasteiger partial charge in [0.25, 0.3) is 5.91 Å². The van der Waals surface area contributed by atoms with E-state index in [2.05, 4.69) is 10.6 Å². The van der Waals surface area contributed by atoms with Crippen LogP contribution in [0.25, 0.3) is 0 Å². The molecule has 1 heterocycles. The summed E-state index contributed by atoms with van der Waals surface area (Å²) >= 11 is 1.91. The van der Waals surface area contributed by atoms with Crippen molar-refractivity contribution in [3.05, 3.63) is 48.4 Å². The summed E-state index contributed by atoms with van der Waals surface area (Å²) in [7, 11) is 0. The molecule has 5 nitrogen and oxygen atoms in total. The maximum absolute atomic E-state index is 12.2. The van der Waals surface area contributed by atoms with E-state index in [9.17, 15) is 9.59 Å². The van der Waals surface area contributed by atoms with E-state index in [-0.39, 0.29) is 11.7 Å². The van der Waals surface area contributed by atoms with Crippen LogP contribution < -0.4 is 10.6 Å². The molecule has 6 heteroatoms. The largest absolute Gasteiger partial charge is 0.459 e. The van der Waals surface area contributed by atoms with Crippen LogP contribution in [0.5, 0.6) is 0 Å². The first-order chi connectivity index (χ1) is 12.1. The summed E-state index contributed by atoms with van der Waals surface area (Å²) in [4.78, 5) is 25.3. The van der Waals surface area contributed by atoms with Gasteiger partial charge in [-0.1, -0.05) is 12.8 Å². The first-order valence-corrected chi connectivity index (χ1v) is 9.42. The summed E-state index contributed by atoms with van der Waals surface area (Å²) in [6.07, 6.45) is 6.65. The molecular weight excluding hydrogens is 336 g/mol. The first kappa shape index (κ1) is 17.6. The highest BCUT2D eigenvalue weighted by Gasteiger charge is 2.19. The molecule has 132 valence electrons. The number of nitrogens with one attached hydrogen (secondary N) is 2. The predicted octanol–water partition coefficient (Wildman–Crippen LogP) is 4.07. The van der Waals surface area contributed by atoms with Crippen LogP contribution in [0, 0.1) is 0 Å². The van der Waals surface area contributed by atoms with Crippen molar-refractivity contribution >= 4 is 29.3 Å². The average molecular weight is 358 g/mol. The third-order valence-electron chi connectivity index (χ3n) is 4.21. The molecule has 1 fully saturated rings. The van der Waals surface area contributed by atoms with Gasteiger partial charge in [0.1, 0.15) is 6.04 Å². The number of rotatable bonds is 6. The average Bonchev–Trinajstić information content (AvgIpc) is 3.30. The zero-order valence-electron chi connectivity index (χ0n) is 14.2. The Balaban J connectivity index is 1.50. The molecule has 2 amide bonds. The number of hydrogen-bond donors (Lipinski definition) is 2. The van der Waals surface area contributed by atoms with Gasteiger partial charge in [-0.3, -0.25) is 9.59 Å². The summed E-state index contributed by atoms with van der Waals surface area (Å²) < 4.78 is 5.02. The van der Waals surface area contributed by atoms with Crippen LogP contribution in [0.15, 0.2) is 52.0 Å². The molecule has 0 radical (unpaired) electrons. The maximum Gasteiger partial charge on any atom is 0.287 e. The fourth-order valence-electron chi connectivity index (χ4n) is 2.81. The minimum absolute atomic E-state index is 0.188. The Labute approximate surface area is 151 Å². The smallest absolute Gasteiger partial charge is 0.287 e. The highest BCUT2D eigenvalue weighted by molar-refractivity contribution is 8.00. The molecule has 1 aromatic carbocycles. The monoisotopic (exact) mass is 358 g/mol. The van der Waals surface area contributed by atoms with Crippen LogP contribution in [0.3, 0.4) is 0 Å². The lowest BCUT2D eigenvalue weighted by molar-refractivity contribution is -0.117. The Kier molecular flexibility index (Phi) is 5.81. The van der Waals surface area contributed by atoms with E-state index in [0.717, 1.165) is 10.9 Å². The molecule has 1 aliphatic carbocycles. The van der Waals surface area contributed by atoms with Crippen molar-refractivity contribution < 1.29 is 14.0 Å².